The maximum Gasteiger partial charge on any atom is 0.433 e. The van der Waals surface area contributed by atoms with Crippen LogP contribution < -0.4 is 9.47 Å². The number of nitrogens with zero attached hydrogens (tertiary/aromatic N) is 2. The van der Waals surface area contributed by atoms with E-state index in [1.807, 2.05) is 0 Å². The summed E-state index contributed by atoms with van der Waals surface area (Å²) < 4.78 is 98.7. The molecule has 43 heavy (non-hydrogen) atoms. The Hall–Kier alpha value is -3.01. The summed E-state index contributed by atoms with van der Waals surface area (Å²) >= 11 is 0. The summed E-state index contributed by atoms with van der Waals surface area (Å²) in [6.45, 7) is 0.115. The quantitative estimate of drug-likeness (QED) is 0.422. The number of halogens is 6. The number of Topliss-reactive ketones (excluding diaryl/α,β-unsaturated/α-hetero) is 1. The summed E-state index contributed by atoms with van der Waals surface area (Å²) in [5.74, 6) is -0.684. The molecule has 15 heteroatoms. The Morgan fingerprint density at radius 3 is 1.56 bits per heavy atom. The Balaban J connectivity index is 0.000000199. The van der Waals surface area contributed by atoms with E-state index in [0.717, 1.165) is 12.1 Å². The highest BCUT2D eigenvalue weighted by atomic mass is 19.4. The summed E-state index contributed by atoms with van der Waals surface area (Å²) in [5, 5.41) is 18.1. The molecule has 2 N–H and O–H groups in total. The highest BCUT2D eigenvalue weighted by Crippen LogP contribution is 2.38. The van der Waals surface area contributed by atoms with E-state index in [0.29, 0.717) is 64.6 Å². The minimum Gasteiger partial charge on any atom is -0.474 e. The third-order valence-corrected chi connectivity index (χ3v) is 7.24. The molecule has 2 aromatic rings. The molecule has 238 valence electrons. The van der Waals surface area contributed by atoms with Crippen LogP contribution >= 0.6 is 0 Å². The van der Waals surface area contributed by atoms with Gasteiger partial charge in [-0.1, -0.05) is 0 Å². The van der Waals surface area contributed by atoms with Gasteiger partial charge in [0.2, 0.25) is 11.8 Å². The van der Waals surface area contributed by atoms with Gasteiger partial charge in [-0.25, -0.2) is 9.97 Å². The molecule has 5 rings (SSSR count). The van der Waals surface area contributed by atoms with E-state index in [9.17, 15) is 31.1 Å². The monoisotopic (exact) mass is 622 g/mol. The number of hydrogen-bond acceptors (Lipinski definition) is 9. The molecule has 9 nitrogen and oxygen atoms in total. The number of rotatable bonds is 6. The summed E-state index contributed by atoms with van der Waals surface area (Å²) in [6.07, 6.45) is -5.50. The van der Waals surface area contributed by atoms with Crippen LogP contribution in [-0.2, 0) is 39.8 Å². The third kappa shape index (κ3) is 9.24. The molecule has 0 bridgehead atoms. The molecule has 1 aliphatic heterocycles. The summed E-state index contributed by atoms with van der Waals surface area (Å²) in [4.78, 5) is 18.0. The molecular formula is C28H32F6N2O7. The maximum absolute atomic E-state index is 12.8. The van der Waals surface area contributed by atoms with Gasteiger partial charge in [-0.2, -0.15) is 26.3 Å². The predicted octanol–water partition coefficient (Wildman–Crippen LogP) is 5.14. The van der Waals surface area contributed by atoms with E-state index >= 15 is 0 Å². The fraction of sp³-hybridized carbons (Fsp3) is 0.607. The van der Waals surface area contributed by atoms with Crippen LogP contribution in [0.15, 0.2) is 24.3 Å². The van der Waals surface area contributed by atoms with Crippen molar-refractivity contribution < 1.29 is 60.3 Å². The van der Waals surface area contributed by atoms with E-state index < -0.39 is 42.7 Å². The van der Waals surface area contributed by atoms with Crippen molar-refractivity contribution in [3.8, 4) is 11.8 Å². The van der Waals surface area contributed by atoms with E-state index in [1.165, 1.54) is 12.1 Å². The molecule has 0 atom stereocenters. The zero-order chi connectivity index (χ0) is 31.3. The van der Waals surface area contributed by atoms with Crippen LogP contribution in [-0.4, -0.2) is 57.2 Å². The lowest BCUT2D eigenvalue weighted by molar-refractivity contribution is -0.186. The molecule has 2 aliphatic carbocycles. The number of aromatic nitrogens is 2. The van der Waals surface area contributed by atoms with Crippen LogP contribution in [0.5, 0.6) is 11.8 Å². The average molecular weight is 623 g/mol. The predicted molar refractivity (Wildman–Crippen MR) is 136 cm³/mol. The van der Waals surface area contributed by atoms with Gasteiger partial charge < -0.3 is 29.2 Å². The summed E-state index contributed by atoms with van der Waals surface area (Å²) in [5.41, 5.74) is -1.94. The summed E-state index contributed by atoms with van der Waals surface area (Å²) in [7, 11) is 0. The Bertz CT molecular complexity index is 1230. The smallest absolute Gasteiger partial charge is 0.433 e. The first-order valence-electron chi connectivity index (χ1n) is 13.8. The van der Waals surface area contributed by atoms with Gasteiger partial charge in [0.05, 0.1) is 26.4 Å². The Morgan fingerprint density at radius 1 is 0.744 bits per heavy atom. The normalized spacial score (nSPS) is 19.7. The molecule has 0 unspecified atom stereocenters. The van der Waals surface area contributed by atoms with Gasteiger partial charge in [-0.15, -0.1) is 0 Å². The maximum atomic E-state index is 12.8. The SMILES string of the molecule is O=C1CCC(Oc2cc(CO)cc(C(F)(F)F)n2)CC1.OCc1cc(OC2CCC3(CC2)OCCO3)nc(C(F)(F)F)c1. The van der Waals surface area contributed by atoms with Gasteiger partial charge in [0.15, 0.2) is 5.79 Å². The van der Waals surface area contributed by atoms with Crippen LogP contribution in [0, 0.1) is 0 Å². The zero-order valence-corrected chi connectivity index (χ0v) is 23.0. The van der Waals surface area contributed by atoms with Crippen molar-refractivity contribution in [2.24, 2.45) is 0 Å². The molecule has 0 aromatic carbocycles. The van der Waals surface area contributed by atoms with Gasteiger partial charge >= 0.3 is 12.4 Å². The number of hydrogen-bond donors (Lipinski definition) is 2. The standard InChI is InChI=1S/C15H18F3NO4.C13H14F3NO3/c16-15(17,18)12-7-10(9-20)8-13(19-12)23-11-1-3-14(4-2-11)21-5-6-22-14;14-13(15,16)11-5-8(7-18)6-12(17-11)20-10-3-1-9(19)2-4-10/h7-8,11,20H,1-6,9H2;5-6,10,18H,1-4,7H2. The molecule has 0 radical (unpaired) electrons. The number of alkyl halides is 6. The molecular weight excluding hydrogens is 590 g/mol. The van der Waals surface area contributed by atoms with Crippen LogP contribution in [0.4, 0.5) is 26.3 Å². The Labute approximate surface area is 243 Å². The largest absolute Gasteiger partial charge is 0.474 e. The fourth-order valence-electron chi connectivity index (χ4n) is 5.02. The average Bonchev–Trinajstić information content (AvgIpc) is 3.42. The lowest BCUT2D eigenvalue weighted by Crippen LogP contribution is -2.38. The number of ether oxygens (including phenoxy) is 4. The molecule has 3 heterocycles. The van der Waals surface area contributed by atoms with Crippen LogP contribution in [0.25, 0.3) is 0 Å². The summed E-state index contributed by atoms with van der Waals surface area (Å²) in [6, 6.07) is 4.23. The zero-order valence-electron chi connectivity index (χ0n) is 23.0. The van der Waals surface area contributed by atoms with Crippen molar-refractivity contribution in [2.45, 2.75) is 94.9 Å². The van der Waals surface area contributed by atoms with Crippen LogP contribution in [0.1, 0.15) is 73.9 Å². The van der Waals surface area contributed by atoms with Gasteiger partial charge in [0, 0.05) is 37.8 Å². The molecule has 1 spiro atoms. The van der Waals surface area contributed by atoms with Gasteiger partial charge in [-0.05, 0) is 48.9 Å². The van der Waals surface area contributed by atoms with Crippen molar-refractivity contribution in [2.75, 3.05) is 13.2 Å². The number of carbonyl (C=O) groups excluding carboxylic acids is 1. The van der Waals surface area contributed by atoms with E-state index in [4.69, 9.17) is 29.2 Å². The second-order valence-corrected chi connectivity index (χ2v) is 10.5. The van der Waals surface area contributed by atoms with Gasteiger partial charge in [0.25, 0.3) is 0 Å². The Kier molecular flexibility index (Phi) is 10.5. The van der Waals surface area contributed by atoms with Gasteiger partial charge in [-0.3, -0.25) is 4.79 Å². The number of ketones is 1. The van der Waals surface area contributed by atoms with Crippen molar-refractivity contribution in [1.29, 1.82) is 0 Å². The highest BCUT2D eigenvalue weighted by Gasteiger charge is 2.41. The van der Waals surface area contributed by atoms with Crippen LogP contribution in [0.2, 0.25) is 0 Å². The lowest BCUT2D eigenvalue weighted by Gasteiger charge is -2.35. The topological polar surface area (TPSA) is 120 Å². The van der Waals surface area contributed by atoms with Crippen molar-refractivity contribution in [3.63, 3.8) is 0 Å². The van der Waals surface area contributed by atoms with Crippen molar-refractivity contribution in [3.05, 3.63) is 46.8 Å². The Morgan fingerprint density at radius 2 is 1.16 bits per heavy atom. The second kappa shape index (κ2) is 13.7. The van der Waals surface area contributed by atoms with Gasteiger partial charge in [0.1, 0.15) is 29.4 Å². The number of aliphatic hydroxyl groups is 2. The molecule has 1 saturated heterocycles. The van der Waals surface area contributed by atoms with E-state index in [-0.39, 0.29) is 40.9 Å². The molecule has 0 amide bonds. The van der Waals surface area contributed by atoms with Crippen molar-refractivity contribution >= 4 is 5.78 Å². The van der Waals surface area contributed by atoms with E-state index in [1.54, 1.807) is 0 Å². The first-order valence-corrected chi connectivity index (χ1v) is 13.8. The first-order chi connectivity index (χ1) is 20.3. The molecule has 3 fully saturated rings. The third-order valence-electron chi connectivity index (χ3n) is 7.24. The van der Waals surface area contributed by atoms with Crippen LogP contribution in [0.3, 0.4) is 0 Å². The first kappa shape index (κ1) is 32.9. The van der Waals surface area contributed by atoms with E-state index in [2.05, 4.69) is 9.97 Å². The number of pyridine rings is 2. The highest BCUT2D eigenvalue weighted by molar-refractivity contribution is 5.79. The second-order valence-electron chi connectivity index (χ2n) is 10.5. The molecule has 2 saturated carbocycles. The number of aliphatic hydroxyl groups excluding tert-OH is 2. The van der Waals surface area contributed by atoms with Crippen molar-refractivity contribution in [1.82, 2.24) is 9.97 Å². The minimum atomic E-state index is -4.59. The fourth-order valence-corrected chi connectivity index (χ4v) is 5.02. The lowest BCUT2D eigenvalue weighted by atomic mass is 9.92. The molecule has 2 aromatic heterocycles. The minimum absolute atomic E-state index is 0.0919. The molecule has 3 aliphatic rings. The number of carbonyl (C=O) groups is 1.